The third-order valence-electron chi connectivity index (χ3n) is 4.37. The average Bonchev–Trinajstić information content (AvgIpc) is 2.77. The number of primary sulfonamides is 1. The number of nitrogens with two attached hydrogens (primary N) is 2. The minimum absolute atomic E-state index is 0.00204. The molecular weight excluding hydrogens is 420 g/mol. The Labute approximate surface area is 178 Å². The molecule has 0 aliphatic rings. The Balaban J connectivity index is 1.76. The molecule has 3 aromatic rings. The highest BCUT2D eigenvalue weighted by Gasteiger charge is 2.14. The maximum atomic E-state index is 12.6. The summed E-state index contributed by atoms with van der Waals surface area (Å²) in [6.07, 6.45) is 1.42. The van der Waals surface area contributed by atoms with Gasteiger partial charge in [-0.15, -0.1) is 0 Å². The number of nitrogens with zero attached hydrogens (tertiary/aromatic N) is 2. The number of hydrogen-bond acceptors (Lipinski definition) is 7. The van der Waals surface area contributed by atoms with Gasteiger partial charge in [-0.25, -0.2) is 23.5 Å². The third-order valence-corrected chi connectivity index (χ3v) is 5.30. The highest BCUT2D eigenvalue weighted by molar-refractivity contribution is 7.89. The monoisotopic (exact) mass is 440 g/mol. The summed E-state index contributed by atoms with van der Waals surface area (Å²) in [5, 5.41) is 10.3. The Kier molecular flexibility index (Phi) is 6.28. The highest BCUT2D eigenvalue weighted by Crippen LogP contribution is 2.20. The number of carbonyl (C=O) groups is 2. The number of rotatable bonds is 6. The van der Waals surface area contributed by atoms with Crippen molar-refractivity contribution in [2.45, 2.75) is 11.4 Å². The van der Waals surface area contributed by atoms with Gasteiger partial charge in [-0.3, -0.25) is 9.59 Å². The molecule has 0 bridgehead atoms. The van der Waals surface area contributed by atoms with E-state index in [1.165, 1.54) is 25.4 Å². The summed E-state index contributed by atoms with van der Waals surface area (Å²) in [4.78, 5) is 32.7. The van der Waals surface area contributed by atoms with Gasteiger partial charge in [-0.05, 0) is 29.8 Å². The molecule has 0 aliphatic heterocycles. The van der Waals surface area contributed by atoms with Gasteiger partial charge in [0.25, 0.3) is 11.8 Å². The first kappa shape index (κ1) is 21.9. The van der Waals surface area contributed by atoms with E-state index in [-0.39, 0.29) is 28.9 Å². The molecule has 0 radical (unpaired) electrons. The summed E-state index contributed by atoms with van der Waals surface area (Å²) in [5.74, 6) is -0.799. The minimum atomic E-state index is -3.77. The lowest BCUT2D eigenvalue weighted by molar-refractivity contribution is 0.0945. The SMILES string of the molecule is CNC(=O)c1nc(-c2cccc(C(=O)NCc3ccc(S(N)(=O)=O)cc3)c2)cnc1N. The zero-order valence-electron chi connectivity index (χ0n) is 16.5. The molecule has 0 saturated heterocycles. The van der Waals surface area contributed by atoms with Crippen molar-refractivity contribution in [3.8, 4) is 11.3 Å². The molecule has 1 aromatic heterocycles. The molecule has 0 aliphatic carbocycles. The standard InChI is InChI=1S/C20H20N6O4S/c1-23-20(28)17-18(21)24-11-16(26-17)13-3-2-4-14(9-13)19(27)25-10-12-5-7-15(8-6-12)31(22,29)30/h2-9,11H,10H2,1H3,(H2,21,24)(H,23,28)(H,25,27)(H2,22,29,30). The second kappa shape index (κ2) is 8.90. The van der Waals surface area contributed by atoms with E-state index in [0.717, 1.165) is 0 Å². The van der Waals surface area contributed by atoms with Crippen LogP contribution in [-0.4, -0.2) is 37.2 Å². The van der Waals surface area contributed by atoms with Gasteiger partial charge in [-0.1, -0.05) is 24.3 Å². The lowest BCUT2D eigenvalue weighted by Gasteiger charge is -2.09. The molecule has 0 saturated carbocycles. The highest BCUT2D eigenvalue weighted by atomic mass is 32.2. The van der Waals surface area contributed by atoms with Crippen LogP contribution in [0.4, 0.5) is 5.82 Å². The minimum Gasteiger partial charge on any atom is -0.382 e. The molecule has 160 valence electrons. The predicted octanol–water partition coefficient (Wildman–Crippen LogP) is 0.663. The van der Waals surface area contributed by atoms with Gasteiger partial charge in [0.15, 0.2) is 11.5 Å². The predicted molar refractivity (Wildman–Crippen MR) is 114 cm³/mol. The summed E-state index contributed by atoms with van der Waals surface area (Å²) in [7, 11) is -2.31. The van der Waals surface area contributed by atoms with Crippen LogP contribution in [0.3, 0.4) is 0 Å². The van der Waals surface area contributed by atoms with Crippen molar-refractivity contribution in [1.82, 2.24) is 20.6 Å². The number of amides is 2. The fourth-order valence-electron chi connectivity index (χ4n) is 2.72. The molecule has 3 rings (SSSR count). The van der Waals surface area contributed by atoms with Crippen LogP contribution in [0, 0.1) is 0 Å². The molecule has 10 nitrogen and oxygen atoms in total. The lowest BCUT2D eigenvalue weighted by Crippen LogP contribution is -2.23. The number of nitrogen functional groups attached to an aromatic ring is 1. The van der Waals surface area contributed by atoms with Crippen molar-refractivity contribution in [2.75, 3.05) is 12.8 Å². The third kappa shape index (κ3) is 5.21. The fourth-order valence-corrected chi connectivity index (χ4v) is 3.24. The molecule has 2 amide bonds. The fraction of sp³-hybridized carbons (Fsp3) is 0.100. The zero-order chi connectivity index (χ0) is 22.6. The largest absolute Gasteiger partial charge is 0.382 e. The Morgan fingerprint density at radius 3 is 2.42 bits per heavy atom. The van der Waals surface area contributed by atoms with Gasteiger partial charge >= 0.3 is 0 Å². The maximum Gasteiger partial charge on any atom is 0.273 e. The topological polar surface area (TPSA) is 170 Å². The molecule has 11 heteroatoms. The van der Waals surface area contributed by atoms with E-state index in [9.17, 15) is 18.0 Å². The van der Waals surface area contributed by atoms with E-state index >= 15 is 0 Å². The van der Waals surface area contributed by atoms with Gasteiger partial charge in [0, 0.05) is 24.7 Å². The number of hydrogen-bond donors (Lipinski definition) is 4. The molecule has 0 spiro atoms. The Hall–Kier alpha value is -3.83. The van der Waals surface area contributed by atoms with Gasteiger partial charge in [0.1, 0.15) is 0 Å². The van der Waals surface area contributed by atoms with Crippen LogP contribution in [0.1, 0.15) is 26.4 Å². The number of anilines is 1. The number of nitrogens with one attached hydrogen (secondary N) is 2. The lowest BCUT2D eigenvalue weighted by atomic mass is 10.1. The van der Waals surface area contributed by atoms with Gasteiger partial charge in [0.05, 0.1) is 16.8 Å². The maximum absolute atomic E-state index is 12.6. The Morgan fingerprint density at radius 1 is 1.06 bits per heavy atom. The van der Waals surface area contributed by atoms with Crippen LogP contribution in [-0.2, 0) is 16.6 Å². The van der Waals surface area contributed by atoms with Crippen molar-refractivity contribution in [1.29, 1.82) is 0 Å². The van der Waals surface area contributed by atoms with E-state index in [0.29, 0.717) is 22.4 Å². The average molecular weight is 440 g/mol. The number of benzene rings is 2. The second-order valence-electron chi connectivity index (χ2n) is 6.52. The van der Waals surface area contributed by atoms with Crippen LogP contribution >= 0.6 is 0 Å². The molecular formula is C20H20N6O4S. The van der Waals surface area contributed by atoms with Crippen molar-refractivity contribution in [2.24, 2.45) is 5.14 Å². The van der Waals surface area contributed by atoms with E-state index < -0.39 is 15.9 Å². The molecule has 1 heterocycles. The Morgan fingerprint density at radius 2 is 1.77 bits per heavy atom. The van der Waals surface area contributed by atoms with E-state index in [1.807, 2.05) is 0 Å². The van der Waals surface area contributed by atoms with Crippen LogP contribution < -0.4 is 21.5 Å². The first-order chi connectivity index (χ1) is 14.7. The molecule has 2 aromatic carbocycles. The quantitative estimate of drug-likeness (QED) is 0.436. The van der Waals surface area contributed by atoms with E-state index in [4.69, 9.17) is 10.9 Å². The van der Waals surface area contributed by atoms with Crippen molar-refractivity contribution >= 4 is 27.7 Å². The molecule has 0 unspecified atom stereocenters. The van der Waals surface area contributed by atoms with Crippen LogP contribution in [0.2, 0.25) is 0 Å². The van der Waals surface area contributed by atoms with Crippen molar-refractivity contribution in [3.63, 3.8) is 0 Å². The number of aromatic nitrogens is 2. The van der Waals surface area contributed by atoms with Crippen LogP contribution in [0.25, 0.3) is 11.3 Å². The van der Waals surface area contributed by atoms with Crippen LogP contribution in [0.15, 0.2) is 59.6 Å². The van der Waals surface area contributed by atoms with Crippen molar-refractivity contribution in [3.05, 3.63) is 71.5 Å². The summed E-state index contributed by atoms with van der Waals surface area (Å²) < 4.78 is 22.6. The van der Waals surface area contributed by atoms with Gasteiger partial charge in [-0.2, -0.15) is 0 Å². The second-order valence-corrected chi connectivity index (χ2v) is 8.08. The number of sulfonamides is 1. The van der Waals surface area contributed by atoms with E-state index in [2.05, 4.69) is 20.6 Å². The Bertz CT molecular complexity index is 1240. The molecule has 0 atom stereocenters. The van der Waals surface area contributed by atoms with E-state index in [1.54, 1.807) is 36.4 Å². The first-order valence-corrected chi connectivity index (χ1v) is 10.6. The number of carbonyl (C=O) groups excluding carboxylic acids is 2. The van der Waals surface area contributed by atoms with Gasteiger partial charge < -0.3 is 16.4 Å². The summed E-state index contributed by atoms with van der Waals surface area (Å²) in [5.41, 5.74) is 7.76. The molecule has 0 fully saturated rings. The zero-order valence-corrected chi connectivity index (χ0v) is 17.3. The first-order valence-electron chi connectivity index (χ1n) is 9.04. The van der Waals surface area contributed by atoms with Gasteiger partial charge in [0.2, 0.25) is 10.0 Å². The van der Waals surface area contributed by atoms with Crippen LogP contribution in [0.5, 0.6) is 0 Å². The summed E-state index contributed by atoms with van der Waals surface area (Å²) in [6, 6.07) is 12.6. The normalized spacial score (nSPS) is 11.0. The molecule has 6 N–H and O–H groups in total. The molecule has 31 heavy (non-hydrogen) atoms. The van der Waals surface area contributed by atoms with Crippen molar-refractivity contribution < 1.29 is 18.0 Å². The summed E-state index contributed by atoms with van der Waals surface area (Å²) in [6.45, 7) is 0.191. The summed E-state index contributed by atoms with van der Waals surface area (Å²) >= 11 is 0. The smallest absolute Gasteiger partial charge is 0.273 e.